The molecule has 1 heterocycles. The summed E-state index contributed by atoms with van der Waals surface area (Å²) in [5.41, 5.74) is 3.40. The van der Waals surface area contributed by atoms with Gasteiger partial charge < -0.3 is 5.32 Å². The SMILES string of the molecule is CCN1C(=O)C(CC(=O)Nc2ccccc2Cl)N(NC(=O)c2ccc(Cl)cc2)C1=S. The average Bonchev–Trinajstić information content (AvgIpc) is 2.93. The van der Waals surface area contributed by atoms with Crippen LogP contribution in [0.25, 0.3) is 0 Å². The number of anilines is 1. The highest BCUT2D eigenvalue weighted by Gasteiger charge is 2.43. The number of likely N-dealkylation sites (N-methyl/N-ethyl adjacent to an activating group) is 1. The van der Waals surface area contributed by atoms with Gasteiger partial charge in [-0.15, -0.1) is 0 Å². The van der Waals surface area contributed by atoms with Crippen LogP contribution in [-0.2, 0) is 9.59 Å². The Hall–Kier alpha value is -2.68. The number of carbonyl (C=O) groups excluding carboxylic acids is 3. The molecule has 1 fully saturated rings. The van der Waals surface area contributed by atoms with E-state index in [0.717, 1.165) is 0 Å². The molecule has 1 saturated heterocycles. The Balaban J connectivity index is 1.77. The molecule has 2 aromatic carbocycles. The first-order valence-corrected chi connectivity index (χ1v) is 10.2. The Bertz CT molecular complexity index is 1000. The predicted octanol–water partition coefficient (Wildman–Crippen LogP) is 3.48. The van der Waals surface area contributed by atoms with Crippen molar-refractivity contribution >= 4 is 63.9 Å². The fraction of sp³-hybridized carbons (Fsp3) is 0.200. The number of para-hydroxylation sites is 1. The molecule has 0 aliphatic carbocycles. The maximum atomic E-state index is 12.8. The van der Waals surface area contributed by atoms with Crippen LogP contribution < -0.4 is 10.7 Å². The van der Waals surface area contributed by atoms with Crippen molar-refractivity contribution in [3.8, 4) is 0 Å². The second-order valence-electron chi connectivity index (χ2n) is 6.43. The largest absolute Gasteiger partial charge is 0.325 e. The van der Waals surface area contributed by atoms with E-state index in [1.165, 1.54) is 9.91 Å². The minimum atomic E-state index is -0.976. The Kier molecular flexibility index (Phi) is 6.91. The Morgan fingerprint density at radius 3 is 2.40 bits per heavy atom. The third-order valence-electron chi connectivity index (χ3n) is 4.47. The number of nitrogens with zero attached hydrogens (tertiary/aromatic N) is 2. The van der Waals surface area contributed by atoms with Gasteiger partial charge in [0, 0.05) is 17.1 Å². The van der Waals surface area contributed by atoms with Crippen molar-refractivity contribution in [2.75, 3.05) is 11.9 Å². The molecular weight excluding hydrogens is 447 g/mol. The molecule has 3 amide bonds. The van der Waals surface area contributed by atoms with E-state index in [4.69, 9.17) is 35.4 Å². The van der Waals surface area contributed by atoms with Crippen molar-refractivity contribution in [3.63, 3.8) is 0 Å². The van der Waals surface area contributed by atoms with Crippen molar-refractivity contribution in [1.29, 1.82) is 0 Å². The van der Waals surface area contributed by atoms with E-state index in [1.54, 1.807) is 55.5 Å². The molecule has 2 N–H and O–H groups in total. The fourth-order valence-corrected chi connectivity index (χ4v) is 3.66. The summed E-state index contributed by atoms with van der Waals surface area (Å²) in [5, 5.41) is 4.93. The number of rotatable bonds is 6. The first-order chi connectivity index (χ1) is 14.3. The number of hydrazine groups is 1. The Labute approximate surface area is 188 Å². The second-order valence-corrected chi connectivity index (χ2v) is 7.64. The molecule has 0 saturated carbocycles. The number of benzene rings is 2. The number of nitrogens with one attached hydrogen (secondary N) is 2. The molecule has 2 aromatic rings. The zero-order valence-corrected chi connectivity index (χ0v) is 18.2. The summed E-state index contributed by atoms with van der Waals surface area (Å²) < 4.78 is 0. The van der Waals surface area contributed by atoms with Crippen LogP contribution in [0.15, 0.2) is 48.5 Å². The van der Waals surface area contributed by atoms with Crippen LogP contribution in [0.5, 0.6) is 0 Å². The average molecular weight is 465 g/mol. The number of carbonyl (C=O) groups is 3. The Morgan fingerprint density at radius 1 is 1.10 bits per heavy atom. The molecule has 1 aliphatic rings. The number of hydrogen-bond acceptors (Lipinski definition) is 4. The second kappa shape index (κ2) is 9.42. The molecule has 156 valence electrons. The van der Waals surface area contributed by atoms with Crippen LogP contribution in [0.2, 0.25) is 10.0 Å². The van der Waals surface area contributed by atoms with E-state index in [1.807, 2.05) is 0 Å². The molecule has 0 bridgehead atoms. The molecule has 0 radical (unpaired) electrons. The lowest BCUT2D eigenvalue weighted by molar-refractivity contribution is -0.130. The van der Waals surface area contributed by atoms with Gasteiger partial charge in [0.2, 0.25) is 5.91 Å². The standard InChI is InChI=1S/C20H18Cl2N4O3S/c1-2-25-19(29)16(11-17(27)23-15-6-4-3-5-14(15)22)26(20(25)30)24-18(28)12-7-9-13(21)10-8-12/h3-10,16H,2,11H2,1H3,(H,23,27)(H,24,28). The number of halogens is 2. The number of hydrogen-bond donors (Lipinski definition) is 2. The zero-order chi connectivity index (χ0) is 21.8. The van der Waals surface area contributed by atoms with Crippen molar-refractivity contribution in [2.24, 2.45) is 0 Å². The van der Waals surface area contributed by atoms with Crippen molar-refractivity contribution < 1.29 is 14.4 Å². The third kappa shape index (κ3) is 4.72. The van der Waals surface area contributed by atoms with Gasteiger partial charge in [-0.05, 0) is 55.5 Å². The minimum Gasteiger partial charge on any atom is -0.325 e. The highest BCUT2D eigenvalue weighted by atomic mass is 35.5. The summed E-state index contributed by atoms with van der Waals surface area (Å²) in [6, 6.07) is 12.1. The first-order valence-electron chi connectivity index (χ1n) is 9.07. The van der Waals surface area contributed by atoms with Gasteiger partial charge >= 0.3 is 0 Å². The van der Waals surface area contributed by atoms with E-state index in [0.29, 0.717) is 27.8 Å². The monoisotopic (exact) mass is 464 g/mol. The lowest BCUT2D eigenvalue weighted by Crippen LogP contribution is -2.49. The Morgan fingerprint density at radius 2 is 1.77 bits per heavy atom. The normalized spacial score (nSPS) is 16.0. The summed E-state index contributed by atoms with van der Waals surface area (Å²) in [7, 11) is 0. The lowest BCUT2D eigenvalue weighted by Gasteiger charge is -2.24. The van der Waals surface area contributed by atoms with Gasteiger partial charge in [0.1, 0.15) is 6.04 Å². The van der Waals surface area contributed by atoms with E-state index in [9.17, 15) is 14.4 Å². The van der Waals surface area contributed by atoms with Gasteiger partial charge in [-0.1, -0.05) is 35.3 Å². The molecule has 10 heteroatoms. The van der Waals surface area contributed by atoms with Crippen LogP contribution in [0, 0.1) is 0 Å². The van der Waals surface area contributed by atoms with E-state index in [-0.39, 0.29) is 17.4 Å². The van der Waals surface area contributed by atoms with Gasteiger partial charge in [0.25, 0.3) is 11.8 Å². The lowest BCUT2D eigenvalue weighted by atomic mass is 10.1. The van der Waals surface area contributed by atoms with Gasteiger partial charge in [0.15, 0.2) is 5.11 Å². The van der Waals surface area contributed by atoms with Gasteiger partial charge in [0.05, 0.1) is 17.1 Å². The molecule has 1 unspecified atom stereocenters. The summed E-state index contributed by atoms with van der Waals surface area (Å²) in [6.07, 6.45) is -0.221. The zero-order valence-electron chi connectivity index (χ0n) is 15.9. The molecular formula is C20H18Cl2N4O3S. The van der Waals surface area contributed by atoms with E-state index >= 15 is 0 Å². The third-order valence-corrected chi connectivity index (χ3v) is 5.47. The number of amides is 3. The highest BCUT2D eigenvalue weighted by molar-refractivity contribution is 7.80. The molecule has 1 atom stereocenters. The quantitative estimate of drug-likeness (QED) is 0.639. The van der Waals surface area contributed by atoms with Crippen molar-refractivity contribution in [3.05, 3.63) is 64.1 Å². The molecule has 30 heavy (non-hydrogen) atoms. The first kappa shape index (κ1) is 22.0. The topological polar surface area (TPSA) is 81.8 Å². The molecule has 7 nitrogen and oxygen atoms in total. The summed E-state index contributed by atoms with van der Waals surface area (Å²) in [4.78, 5) is 39.3. The minimum absolute atomic E-state index is 0.125. The van der Waals surface area contributed by atoms with Gasteiger partial charge in [-0.2, -0.15) is 0 Å². The number of thiocarbonyl (C=S) groups is 1. The van der Waals surface area contributed by atoms with Crippen LogP contribution in [0.3, 0.4) is 0 Å². The smallest absolute Gasteiger partial charge is 0.269 e. The molecule has 0 spiro atoms. The maximum absolute atomic E-state index is 12.8. The van der Waals surface area contributed by atoms with Crippen molar-refractivity contribution in [2.45, 2.75) is 19.4 Å². The highest BCUT2D eigenvalue weighted by Crippen LogP contribution is 2.23. The van der Waals surface area contributed by atoms with Crippen LogP contribution >= 0.6 is 35.4 Å². The van der Waals surface area contributed by atoms with E-state index < -0.39 is 17.9 Å². The molecule has 1 aliphatic heterocycles. The van der Waals surface area contributed by atoms with Gasteiger partial charge in [-0.3, -0.25) is 24.7 Å². The molecule has 3 rings (SSSR count). The maximum Gasteiger partial charge on any atom is 0.269 e. The van der Waals surface area contributed by atoms with E-state index in [2.05, 4.69) is 10.7 Å². The summed E-state index contributed by atoms with van der Waals surface area (Å²) in [5.74, 6) is -1.28. The van der Waals surface area contributed by atoms with Gasteiger partial charge in [-0.25, -0.2) is 5.01 Å². The van der Waals surface area contributed by atoms with Crippen LogP contribution in [0.1, 0.15) is 23.7 Å². The summed E-state index contributed by atoms with van der Waals surface area (Å²) >= 11 is 17.3. The van der Waals surface area contributed by atoms with Crippen molar-refractivity contribution in [1.82, 2.24) is 15.3 Å². The van der Waals surface area contributed by atoms with Crippen LogP contribution in [0.4, 0.5) is 5.69 Å². The fourth-order valence-electron chi connectivity index (χ4n) is 2.96. The van der Waals surface area contributed by atoms with Crippen LogP contribution in [-0.4, -0.2) is 45.3 Å². The molecule has 0 aromatic heterocycles. The summed E-state index contributed by atoms with van der Waals surface area (Å²) in [6.45, 7) is 2.07. The predicted molar refractivity (Wildman–Crippen MR) is 119 cm³/mol.